The zero-order valence-electron chi connectivity index (χ0n) is 25.5. The summed E-state index contributed by atoms with van der Waals surface area (Å²) in [6, 6.07) is 10.1. The van der Waals surface area contributed by atoms with Gasteiger partial charge in [-0.1, -0.05) is 61.4 Å². The van der Waals surface area contributed by atoms with Gasteiger partial charge < -0.3 is 18.9 Å². The van der Waals surface area contributed by atoms with Gasteiger partial charge in [-0.2, -0.15) is 0 Å². The molecule has 1 aromatic rings. The molecule has 3 aliphatic carbocycles. The van der Waals surface area contributed by atoms with Crippen molar-refractivity contribution in [3.63, 3.8) is 0 Å². The van der Waals surface area contributed by atoms with Gasteiger partial charge in [0.1, 0.15) is 5.60 Å². The second-order valence-electron chi connectivity index (χ2n) is 13.8. The average Bonchev–Trinajstić information content (AvgIpc) is 3.21. The van der Waals surface area contributed by atoms with Gasteiger partial charge in [0.15, 0.2) is 5.78 Å². The standard InChI is InChI=1S/C35H46O6/c1-24-26(21-38-6)19-27(36)30(24)33(5)17-13-29-34(22-39-18-14-28(33)34)15-10-16-35(29,31(37)41-32(2,3)4)23-40-20-25-11-8-7-9-12-25/h7-9,11-14,17-18,26,28-29H,10,15-16,19-23H2,1-6H3/t26?,28-,29?,33+,34-,35+/m0/s1. The normalized spacial score (nSPS) is 34.7. The lowest BCUT2D eigenvalue weighted by Gasteiger charge is -2.61. The van der Waals surface area contributed by atoms with Gasteiger partial charge in [0, 0.05) is 47.7 Å². The molecule has 0 amide bonds. The van der Waals surface area contributed by atoms with Crippen LogP contribution in [-0.4, -0.2) is 44.3 Å². The molecule has 41 heavy (non-hydrogen) atoms. The summed E-state index contributed by atoms with van der Waals surface area (Å²) >= 11 is 0. The van der Waals surface area contributed by atoms with Gasteiger partial charge in [-0.25, -0.2) is 0 Å². The molecule has 0 saturated heterocycles. The maximum Gasteiger partial charge on any atom is 0.315 e. The van der Waals surface area contributed by atoms with Crippen molar-refractivity contribution in [2.75, 3.05) is 26.9 Å². The largest absolute Gasteiger partial charge is 0.501 e. The number of hydrogen-bond donors (Lipinski definition) is 0. The molecule has 4 aliphatic rings. The van der Waals surface area contributed by atoms with Crippen molar-refractivity contribution < 1.29 is 28.5 Å². The number of esters is 1. The number of carbonyl (C=O) groups excluding carboxylic acids is 2. The maximum atomic E-state index is 14.3. The first kappa shape index (κ1) is 29.8. The minimum atomic E-state index is -0.868. The zero-order valence-corrected chi connectivity index (χ0v) is 25.5. The summed E-state index contributed by atoms with van der Waals surface area (Å²) in [5.74, 6) is -0.0830. The highest BCUT2D eigenvalue weighted by Gasteiger charge is 2.66. The Morgan fingerprint density at radius 2 is 1.85 bits per heavy atom. The Morgan fingerprint density at radius 3 is 2.56 bits per heavy atom. The summed E-state index contributed by atoms with van der Waals surface area (Å²) < 4.78 is 24.1. The molecule has 1 heterocycles. The summed E-state index contributed by atoms with van der Waals surface area (Å²) in [5, 5.41) is 0. The molecule has 6 atom stereocenters. The first-order valence-electron chi connectivity index (χ1n) is 15.0. The molecule has 5 rings (SSSR count). The van der Waals surface area contributed by atoms with E-state index in [1.54, 1.807) is 13.4 Å². The van der Waals surface area contributed by atoms with Gasteiger partial charge in [0.2, 0.25) is 0 Å². The van der Waals surface area contributed by atoms with Crippen LogP contribution < -0.4 is 0 Å². The molecule has 2 unspecified atom stereocenters. The Labute approximate surface area is 245 Å². The first-order valence-corrected chi connectivity index (χ1v) is 15.0. The molecule has 1 fully saturated rings. The van der Waals surface area contributed by atoms with Crippen molar-refractivity contribution in [2.24, 2.45) is 34.0 Å². The fourth-order valence-corrected chi connectivity index (χ4v) is 8.30. The number of ketones is 1. The van der Waals surface area contributed by atoms with E-state index in [4.69, 9.17) is 18.9 Å². The highest BCUT2D eigenvalue weighted by molar-refractivity contribution is 6.01. The predicted octanol–water partition coefficient (Wildman–Crippen LogP) is 6.61. The van der Waals surface area contributed by atoms with Crippen LogP contribution in [0.2, 0.25) is 0 Å². The highest BCUT2D eigenvalue weighted by atomic mass is 16.6. The summed E-state index contributed by atoms with van der Waals surface area (Å²) in [6.07, 6.45) is 11.3. The molecule has 1 spiro atoms. The lowest BCUT2D eigenvalue weighted by molar-refractivity contribution is -0.194. The van der Waals surface area contributed by atoms with E-state index in [9.17, 15) is 9.59 Å². The van der Waals surface area contributed by atoms with Gasteiger partial charge in [0.05, 0.1) is 38.1 Å². The summed E-state index contributed by atoms with van der Waals surface area (Å²) in [5.41, 5.74) is 0.708. The van der Waals surface area contributed by atoms with Crippen molar-refractivity contribution in [1.29, 1.82) is 0 Å². The first-order chi connectivity index (χ1) is 19.5. The van der Waals surface area contributed by atoms with Gasteiger partial charge in [0.25, 0.3) is 0 Å². The van der Waals surface area contributed by atoms with Crippen LogP contribution in [-0.2, 0) is 35.1 Å². The summed E-state index contributed by atoms with van der Waals surface area (Å²) in [7, 11) is 1.69. The number of hydrogen-bond acceptors (Lipinski definition) is 6. The van der Waals surface area contributed by atoms with Crippen LogP contribution in [0.5, 0.6) is 0 Å². The Bertz CT molecular complexity index is 1240. The van der Waals surface area contributed by atoms with Crippen LogP contribution in [0, 0.1) is 34.0 Å². The SMILES string of the molecule is COCC1CC(=O)C([C@]2(C)C=CC3[C@@](COCc4ccccc4)(C(=O)OC(C)(C)C)CCC[C@@]34COC=C[C@H]42)=C1C. The Hall–Kier alpha value is -2.70. The minimum Gasteiger partial charge on any atom is -0.501 e. The van der Waals surface area contributed by atoms with E-state index in [-0.39, 0.29) is 41.5 Å². The topological polar surface area (TPSA) is 71.1 Å². The van der Waals surface area contributed by atoms with E-state index in [1.807, 2.05) is 51.1 Å². The minimum absolute atomic E-state index is 0.00909. The Kier molecular flexibility index (Phi) is 8.12. The van der Waals surface area contributed by atoms with Crippen molar-refractivity contribution in [3.8, 4) is 0 Å². The molecule has 6 heteroatoms. The molecule has 1 aromatic carbocycles. The van der Waals surface area contributed by atoms with Crippen LogP contribution in [0.1, 0.15) is 65.9 Å². The van der Waals surface area contributed by atoms with Gasteiger partial charge in [-0.15, -0.1) is 0 Å². The Balaban J connectivity index is 1.58. The Morgan fingerprint density at radius 1 is 1.10 bits per heavy atom. The number of allylic oxidation sites excluding steroid dienone is 4. The van der Waals surface area contributed by atoms with Crippen LogP contribution in [0.25, 0.3) is 0 Å². The van der Waals surface area contributed by atoms with E-state index >= 15 is 0 Å². The number of carbonyl (C=O) groups is 2. The van der Waals surface area contributed by atoms with Gasteiger partial charge in [-0.3, -0.25) is 9.59 Å². The van der Waals surface area contributed by atoms with E-state index in [2.05, 4.69) is 32.1 Å². The lowest BCUT2D eigenvalue weighted by Crippen LogP contribution is -2.62. The van der Waals surface area contributed by atoms with Crippen LogP contribution >= 0.6 is 0 Å². The van der Waals surface area contributed by atoms with E-state index in [0.717, 1.165) is 29.6 Å². The molecule has 6 nitrogen and oxygen atoms in total. The van der Waals surface area contributed by atoms with Crippen molar-refractivity contribution in [3.05, 3.63) is 71.5 Å². The zero-order chi connectivity index (χ0) is 29.5. The van der Waals surface area contributed by atoms with E-state index in [1.165, 1.54) is 0 Å². The molecule has 0 bridgehead atoms. The number of methoxy groups -OCH3 is 1. The number of rotatable bonds is 8. The van der Waals surface area contributed by atoms with E-state index in [0.29, 0.717) is 32.7 Å². The smallest absolute Gasteiger partial charge is 0.315 e. The summed E-state index contributed by atoms with van der Waals surface area (Å²) in [6.45, 7) is 11.8. The molecule has 1 saturated carbocycles. The molecule has 1 aliphatic heterocycles. The maximum absolute atomic E-state index is 14.3. The monoisotopic (exact) mass is 562 g/mol. The highest BCUT2D eigenvalue weighted by Crippen LogP contribution is 2.66. The molecular weight excluding hydrogens is 516 g/mol. The predicted molar refractivity (Wildman–Crippen MR) is 158 cm³/mol. The fraction of sp³-hybridized carbons (Fsp3) is 0.600. The number of benzene rings is 1. The van der Waals surface area contributed by atoms with Gasteiger partial charge in [-0.05, 0) is 52.2 Å². The van der Waals surface area contributed by atoms with Crippen molar-refractivity contribution in [1.82, 2.24) is 0 Å². The third-order valence-electron chi connectivity index (χ3n) is 10.00. The van der Waals surface area contributed by atoms with Crippen molar-refractivity contribution >= 4 is 11.8 Å². The number of Topliss-reactive ketones (excluding diaryl/α,β-unsaturated/α-hetero) is 1. The summed E-state index contributed by atoms with van der Waals surface area (Å²) in [4.78, 5) is 27.8. The second-order valence-corrected chi connectivity index (χ2v) is 13.8. The fourth-order valence-electron chi connectivity index (χ4n) is 8.30. The number of ether oxygens (including phenoxy) is 4. The van der Waals surface area contributed by atoms with Crippen molar-refractivity contribution in [2.45, 2.75) is 72.5 Å². The van der Waals surface area contributed by atoms with Crippen LogP contribution in [0.4, 0.5) is 0 Å². The molecule has 222 valence electrons. The third kappa shape index (κ3) is 5.23. The van der Waals surface area contributed by atoms with E-state index < -0.39 is 16.4 Å². The van der Waals surface area contributed by atoms with Crippen LogP contribution in [0.15, 0.2) is 66.0 Å². The third-order valence-corrected chi connectivity index (χ3v) is 10.00. The average molecular weight is 563 g/mol. The molecule has 0 radical (unpaired) electrons. The lowest BCUT2D eigenvalue weighted by atomic mass is 9.43. The molecular formula is C35H46O6. The molecule has 0 N–H and O–H groups in total. The molecule has 0 aromatic heterocycles. The van der Waals surface area contributed by atoms with Crippen LogP contribution in [0.3, 0.4) is 0 Å². The van der Waals surface area contributed by atoms with Gasteiger partial charge >= 0.3 is 5.97 Å². The second kappa shape index (κ2) is 11.2. The quantitative estimate of drug-likeness (QED) is 0.262.